The average Bonchev–Trinajstić information content (AvgIpc) is 3.28. The molecule has 1 aliphatic heterocycles. The Morgan fingerprint density at radius 3 is 2.38 bits per heavy atom. The van der Waals surface area contributed by atoms with E-state index in [9.17, 15) is 35.9 Å². The molecule has 0 radical (unpaired) electrons. The van der Waals surface area contributed by atoms with E-state index in [1.807, 2.05) is 4.90 Å². The van der Waals surface area contributed by atoms with Gasteiger partial charge in [-0.15, -0.1) is 0 Å². The average molecular weight is 586 g/mol. The number of carbonyl (C=O) groups excluding carboxylic acids is 1. The number of hydrogen-bond acceptors (Lipinski definition) is 6. The van der Waals surface area contributed by atoms with Crippen molar-refractivity contribution >= 4 is 15.7 Å². The van der Waals surface area contributed by atoms with Crippen LogP contribution in [0.1, 0.15) is 78.8 Å². The smallest absolute Gasteiger partial charge is 0.391 e. The normalized spacial score (nSPS) is 23.4. The van der Waals surface area contributed by atoms with Gasteiger partial charge in [0.1, 0.15) is 6.17 Å². The summed E-state index contributed by atoms with van der Waals surface area (Å²) in [6.07, 6.45) is -3.07. The van der Waals surface area contributed by atoms with Gasteiger partial charge < -0.3 is 10.4 Å². The maximum Gasteiger partial charge on any atom is 0.391 e. The van der Waals surface area contributed by atoms with Gasteiger partial charge >= 0.3 is 6.18 Å². The molecule has 1 aromatic heterocycles. The van der Waals surface area contributed by atoms with E-state index in [2.05, 4.69) is 10.3 Å². The lowest BCUT2D eigenvalue weighted by molar-refractivity contribution is -0.184. The molecule has 2 aliphatic rings. The summed E-state index contributed by atoms with van der Waals surface area (Å²) < 4.78 is 78.0. The number of nitrogens with zero attached hydrogens (tertiary/aromatic N) is 2. The number of carbonyl (C=O) groups is 1. The molecular formula is C28H35F4N3O4S. The molecule has 0 spiro atoms. The van der Waals surface area contributed by atoms with E-state index in [1.54, 1.807) is 13.0 Å². The standard InChI is InChI=1S/C28H35F4N3O4S/c1-3-40(38,39)23-10-6-19(7-11-23)24(16-36)34-27(37)20-12-21-15-35(26(17(2)29)25(21)33-13-20)14-18-4-8-22(9-5-18)28(30,31)32/h6-7,10-13,17-18,22,24,26,36H,3-5,8-9,14-16H2,1-2H3,(H,34,37)/t17?,18?,22?,24-,26-/m0/s1. The van der Waals surface area contributed by atoms with Crippen LogP contribution in [0.5, 0.6) is 0 Å². The number of hydrogen-bond donors (Lipinski definition) is 2. The van der Waals surface area contributed by atoms with Crippen molar-refractivity contribution < 1.29 is 35.9 Å². The van der Waals surface area contributed by atoms with E-state index >= 15 is 0 Å². The van der Waals surface area contributed by atoms with Crippen LogP contribution in [0.25, 0.3) is 0 Å². The van der Waals surface area contributed by atoms with Crippen molar-refractivity contribution in [2.24, 2.45) is 11.8 Å². The van der Waals surface area contributed by atoms with E-state index in [0.717, 1.165) is 0 Å². The SMILES string of the molecule is CCS(=O)(=O)c1ccc([C@H](CO)NC(=O)c2cnc3c(c2)CN(CC2CCC(C(F)(F)F)CC2)[C@H]3C(C)F)cc1. The van der Waals surface area contributed by atoms with Gasteiger partial charge in [0.2, 0.25) is 0 Å². The van der Waals surface area contributed by atoms with Crippen molar-refractivity contribution in [2.75, 3.05) is 18.9 Å². The van der Waals surface area contributed by atoms with Gasteiger partial charge in [-0.1, -0.05) is 19.1 Å². The third-order valence-electron chi connectivity index (χ3n) is 8.06. The number of rotatable bonds is 9. The first kappa shape index (κ1) is 30.4. The van der Waals surface area contributed by atoms with Crippen molar-refractivity contribution in [3.63, 3.8) is 0 Å². The van der Waals surface area contributed by atoms with Gasteiger partial charge in [0.25, 0.3) is 5.91 Å². The predicted octanol–water partition coefficient (Wildman–Crippen LogP) is 4.92. The zero-order valence-electron chi connectivity index (χ0n) is 22.5. The minimum atomic E-state index is -4.18. The lowest BCUT2D eigenvalue weighted by Crippen LogP contribution is -2.35. The summed E-state index contributed by atoms with van der Waals surface area (Å²) in [5.74, 6) is -1.80. The monoisotopic (exact) mass is 585 g/mol. The molecule has 1 unspecified atom stereocenters. The molecule has 220 valence electrons. The Kier molecular flexibility index (Phi) is 9.21. The van der Waals surface area contributed by atoms with Crippen molar-refractivity contribution in [1.29, 1.82) is 0 Å². The van der Waals surface area contributed by atoms with Crippen LogP contribution >= 0.6 is 0 Å². The lowest BCUT2D eigenvalue weighted by Gasteiger charge is -2.34. The first-order chi connectivity index (χ1) is 18.8. The molecule has 2 heterocycles. The molecule has 2 N–H and O–H groups in total. The van der Waals surface area contributed by atoms with Crippen LogP contribution in [-0.2, 0) is 16.4 Å². The minimum absolute atomic E-state index is 0.0287. The Bertz CT molecular complexity index is 1290. The molecular weight excluding hydrogens is 550 g/mol. The Hall–Kier alpha value is -2.57. The van der Waals surface area contributed by atoms with Gasteiger partial charge in [0.05, 0.1) is 46.5 Å². The third kappa shape index (κ3) is 6.66. The number of amides is 1. The summed E-state index contributed by atoms with van der Waals surface area (Å²) in [4.78, 5) is 19.5. The molecule has 1 fully saturated rings. The summed E-state index contributed by atoms with van der Waals surface area (Å²) in [7, 11) is -3.39. The summed E-state index contributed by atoms with van der Waals surface area (Å²) >= 11 is 0. The van der Waals surface area contributed by atoms with Crippen molar-refractivity contribution in [3.05, 3.63) is 58.9 Å². The molecule has 12 heteroatoms. The Morgan fingerprint density at radius 2 is 1.82 bits per heavy atom. The fraction of sp³-hybridized carbons (Fsp3) is 0.571. The summed E-state index contributed by atoms with van der Waals surface area (Å²) in [6.45, 7) is 3.34. The number of aliphatic hydroxyl groups is 1. The minimum Gasteiger partial charge on any atom is -0.394 e. The topological polar surface area (TPSA) is 99.6 Å². The van der Waals surface area contributed by atoms with Gasteiger partial charge in [-0.2, -0.15) is 13.2 Å². The number of aromatic nitrogens is 1. The maximum atomic E-state index is 14.7. The number of halogens is 4. The Balaban J connectivity index is 1.44. The van der Waals surface area contributed by atoms with Crippen LogP contribution in [0.4, 0.5) is 17.6 Å². The highest BCUT2D eigenvalue weighted by atomic mass is 32.2. The number of aliphatic hydroxyl groups excluding tert-OH is 1. The molecule has 1 saturated carbocycles. The molecule has 1 amide bonds. The molecule has 0 saturated heterocycles. The Labute approximate surface area is 231 Å². The molecule has 40 heavy (non-hydrogen) atoms. The molecule has 1 aliphatic carbocycles. The fourth-order valence-corrected chi connectivity index (χ4v) is 6.65. The van der Waals surface area contributed by atoms with Crippen LogP contribution in [0.15, 0.2) is 41.4 Å². The van der Waals surface area contributed by atoms with Crippen LogP contribution in [0.2, 0.25) is 0 Å². The highest BCUT2D eigenvalue weighted by molar-refractivity contribution is 7.91. The molecule has 7 nitrogen and oxygen atoms in total. The zero-order valence-corrected chi connectivity index (χ0v) is 23.3. The van der Waals surface area contributed by atoms with Gasteiger partial charge in [0, 0.05) is 19.3 Å². The highest BCUT2D eigenvalue weighted by Gasteiger charge is 2.43. The van der Waals surface area contributed by atoms with Crippen LogP contribution in [0.3, 0.4) is 0 Å². The third-order valence-corrected chi connectivity index (χ3v) is 9.81. The first-order valence-electron chi connectivity index (χ1n) is 13.5. The second kappa shape index (κ2) is 12.1. The van der Waals surface area contributed by atoms with E-state index in [1.165, 1.54) is 37.4 Å². The van der Waals surface area contributed by atoms with E-state index in [0.29, 0.717) is 42.8 Å². The molecule has 4 rings (SSSR count). The van der Waals surface area contributed by atoms with Crippen molar-refractivity contribution in [3.8, 4) is 0 Å². The number of alkyl halides is 4. The van der Waals surface area contributed by atoms with Gasteiger partial charge in [-0.25, -0.2) is 12.8 Å². The van der Waals surface area contributed by atoms with Gasteiger partial charge in [0.15, 0.2) is 9.84 Å². The fourth-order valence-electron chi connectivity index (χ4n) is 5.77. The maximum absolute atomic E-state index is 14.7. The predicted molar refractivity (Wildman–Crippen MR) is 141 cm³/mol. The second-order valence-electron chi connectivity index (χ2n) is 10.8. The zero-order chi connectivity index (χ0) is 29.2. The quantitative estimate of drug-likeness (QED) is 0.406. The molecule has 0 bridgehead atoms. The lowest BCUT2D eigenvalue weighted by atomic mass is 9.81. The summed E-state index contributed by atoms with van der Waals surface area (Å²) in [5.41, 5.74) is 1.95. The van der Waals surface area contributed by atoms with E-state index in [-0.39, 0.29) is 35.0 Å². The van der Waals surface area contributed by atoms with Crippen LogP contribution in [-0.4, -0.2) is 60.6 Å². The number of sulfone groups is 1. The van der Waals surface area contributed by atoms with Crippen molar-refractivity contribution in [1.82, 2.24) is 15.2 Å². The van der Waals surface area contributed by atoms with Gasteiger partial charge in [-0.05, 0) is 67.9 Å². The number of benzene rings is 1. The van der Waals surface area contributed by atoms with Gasteiger partial charge in [-0.3, -0.25) is 14.7 Å². The summed E-state index contributed by atoms with van der Waals surface area (Å²) in [6, 6.07) is 6.15. The Morgan fingerprint density at radius 1 is 1.18 bits per heavy atom. The largest absolute Gasteiger partial charge is 0.394 e. The number of pyridine rings is 1. The van der Waals surface area contributed by atoms with E-state index < -0.39 is 52.7 Å². The first-order valence-corrected chi connectivity index (χ1v) is 15.2. The molecule has 2 aromatic rings. The summed E-state index contributed by atoms with van der Waals surface area (Å²) in [5, 5.41) is 12.6. The van der Waals surface area contributed by atoms with Crippen molar-refractivity contribution in [2.45, 2.75) is 75.4 Å². The van der Waals surface area contributed by atoms with Crippen LogP contribution < -0.4 is 5.32 Å². The number of nitrogens with one attached hydrogen (secondary N) is 1. The second-order valence-corrected chi connectivity index (χ2v) is 13.0. The molecule has 3 atom stereocenters. The highest BCUT2D eigenvalue weighted by Crippen LogP contribution is 2.42. The van der Waals surface area contributed by atoms with Crippen LogP contribution in [0, 0.1) is 11.8 Å². The van der Waals surface area contributed by atoms with E-state index in [4.69, 9.17) is 0 Å². The number of fused-ring (bicyclic) bond motifs is 1. The molecule has 1 aromatic carbocycles.